The lowest BCUT2D eigenvalue weighted by Gasteiger charge is -2.11. The predicted octanol–water partition coefficient (Wildman–Crippen LogP) is 3.54. The molecule has 138 valence electrons. The largest absolute Gasteiger partial charge is 0.504 e. The summed E-state index contributed by atoms with van der Waals surface area (Å²) in [7, 11) is 0. The van der Waals surface area contributed by atoms with Gasteiger partial charge in [0.25, 0.3) is 5.91 Å². The number of para-hydroxylation sites is 1. The number of nitrogens with one attached hydrogen (secondary N) is 1. The Morgan fingerprint density at radius 1 is 1.27 bits per heavy atom. The van der Waals surface area contributed by atoms with Gasteiger partial charge in [0, 0.05) is 9.13 Å². The minimum Gasteiger partial charge on any atom is -0.504 e. The average Bonchev–Trinajstić information content (AvgIpc) is 2.57. The summed E-state index contributed by atoms with van der Waals surface area (Å²) in [5.41, 5.74) is 4.78. The summed E-state index contributed by atoms with van der Waals surface area (Å²) in [5.74, 6) is 0.662. The molecule has 0 heterocycles. The van der Waals surface area contributed by atoms with Gasteiger partial charge in [-0.2, -0.15) is 5.10 Å². The van der Waals surface area contributed by atoms with Crippen LogP contribution >= 0.6 is 22.6 Å². The molecule has 0 saturated heterocycles. The highest BCUT2D eigenvalue weighted by Crippen LogP contribution is 2.28. The number of nitrogens with zero attached hydrogens (tertiary/aromatic N) is 1. The lowest BCUT2D eigenvalue weighted by molar-refractivity contribution is -0.123. The number of carbonyl (C=O) groups excluding carboxylic acids is 1. The molecule has 2 aromatic carbocycles. The molecule has 0 radical (unpaired) electrons. The minimum atomic E-state index is -0.390. The maximum Gasteiger partial charge on any atom is 0.277 e. The number of aryl methyl sites for hydroxylation is 2. The monoisotopic (exact) mass is 468 g/mol. The molecular formula is C19H21IN2O4. The Balaban J connectivity index is 1.93. The van der Waals surface area contributed by atoms with Gasteiger partial charge in [-0.05, 0) is 78.8 Å². The summed E-state index contributed by atoms with van der Waals surface area (Å²) in [5, 5.41) is 13.9. The van der Waals surface area contributed by atoms with Gasteiger partial charge in [-0.3, -0.25) is 4.79 Å². The molecule has 1 amide bonds. The first-order valence-electron chi connectivity index (χ1n) is 8.08. The molecule has 0 fully saturated rings. The van der Waals surface area contributed by atoms with Crippen LogP contribution in [0, 0.1) is 17.4 Å². The minimum absolute atomic E-state index is 0.0197. The highest BCUT2D eigenvalue weighted by atomic mass is 127. The van der Waals surface area contributed by atoms with Crippen molar-refractivity contribution in [2.45, 2.75) is 20.8 Å². The van der Waals surface area contributed by atoms with Crippen LogP contribution in [0.25, 0.3) is 0 Å². The number of phenolic OH excluding ortho intramolecular Hbond substituents is 1. The molecule has 6 nitrogen and oxygen atoms in total. The van der Waals surface area contributed by atoms with E-state index in [-0.39, 0.29) is 18.3 Å². The number of rotatable bonds is 7. The number of carbonyl (C=O) groups is 1. The summed E-state index contributed by atoms with van der Waals surface area (Å²) >= 11 is 2.24. The molecule has 0 unspecified atom stereocenters. The molecule has 2 aromatic rings. The van der Waals surface area contributed by atoms with E-state index in [1.54, 1.807) is 18.2 Å². The fourth-order valence-electron chi connectivity index (χ4n) is 2.38. The van der Waals surface area contributed by atoms with Crippen LogP contribution in [-0.2, 0) is 4.79 Å². The number of benzene rings is 2. The first-order chi connectivity index (χ1) is 12.4. The van der Waals surface area contributed by atoms with Gasteiger partial charge in [0.2, 0.25) is 0 Å². The summed E-state index contributed by atoms with van der Waals surface area (Å²) < 4.78 is 12.0. The van der Waals surface area contributed by atoms with Crippen LogP contribution in [0.4, 0.5) is 0 Å². The van der Waals surface area contributed by atoms with Crippen LogP contribution in [0.5, 0.6) is 17.2 Å². The third-order valence-electron chi connectivity index (χ3n) is 3.50. The first kappa shape index (κ1) is 20.0. The molecule has 0 saturated carbocycles. The van der Waals surface area contributed by atoms with Crippen molar-refractivity contribution in [3.05, 3.63) is 50.6 Å². The lowest BCUT2D eigenvalue weighted by atomic mass is 10.1. The smallest absolute Gasteiger partial charge is 0.277 e. The fourth-order valence-corrected chi connectivity index (χ4v) is 3.32. The Bertz CT molecular complexity index is 798. The van der Waals surface area contributed by atoms with E-state index in [1.807, 2.05) is 32.9 Å². The van der Waals surface area contributed by atoms with E-state index in [1.165, 1.54) is 6.21 Å². The molecule has 7 heteroatoms. The number of aromatic hydroxyl groups is 1. The van der Waals surface area contributed by atoms with Crippen molar-refractivity contribution in [3.63, 3.8) is 0 Å². The second kappa shape index (κ2) is 9.42. The quantitative estimate of drug-likeness (QED) is 0.370. The predicted molar refractivity (Wildman–Crippen MR) is 109 cm³/mol. The maximum atomic E-state index is 11.9. The highest BCUT2D eigenvalue weighted by Gasteiger charge is 2.09. The molecular weight excluding hydrogens is 447 g/mol. The van der Waals surface area contributed by atoms with Gasteiger partial charge in [0.15, 0.2) is 18.1 Å². The molecule has 0 aliphatic rings. The van der Waals surface area contributed by atoms with Crippen LogP contribution in [0.1, 0.15) is 23.6 Å². The topological polar surface area (TPSA) is 80.2 Å². The molecule has 2 N–H and O–H groups in total. The van der Waals surface area contributed by atoms with Gasteiger partial charge in [0.05, 0.1) is 12.8 Å². The van der Waals surface area contributed by atoms with Crippen LogP contribution in [0.2, 0.25) is 0 Å². The zero-order valence-corrected chi connectivity index (χ0v) is 17.0. The van der Waals surface area contributed by atoms with Crippen LogP contribution in [0.3, 0.4) is 0 Å². The number of amides is 1. The third-order valence-corrected chi connectivity index (χ3v) is 4.12. The van der Waals surface area contributed by atoms with Crippen LogP contribution in [-0.4, -0.2) is 30.4 Å². The van der Waals surface area contributed by atoms with Crippen LogP contribution in [0.15, 0.2) is 35.4 Å². The van der Waals surface area contributed by atoms with Gasteiger partial charge in [-0.15, -0.1) is 0 Å². The Hall–Kier alpha value is -2.29. The van der Waals surface area contributed by atoms with Gasteiger partial charge in [-0.1, -0.05) is 6.07 Å². The third kappa shape index (κ3) is 5.35. The van der Waals surface area contributed by atoms with Gasteiger partial charge < -0.3 is 14.6 Å². The SMILES string of the molecule is CCOc1cccc(C=NNC(=O)COc2c(C)cc(I)cc2C)c1O. The first-order valence-corrected chi connectivity index (χ1v) is 9.16. The molecule has 0 aliphatic heterocycles. The summed E-state index contributed by atoms with van der Waals surface area (Å²) in [6.45, 7) is 6.01. The molecule has 0 aromatic heterocycles. The normalized spacial score (nSPS) is 10.8. The number of hydrogen-bond donors (Lipinski definition) is 2. The van der Waals surface area contributed by atoms with Crippen molar-refractivity contribution in [3.8, 4) is 17.2 Å². The zero-order chi connectivity index (χ0) is 19.1. The average molecular weight is 468 g/mol. The Morgan fingerprint density at radius 2 is 1.96 bits per heavy atom. The molecule has 0 bridgehead atoms. The molecule has 0 aliphatic carbocycles. The van der Waals surface area contributed by atoms with Crippen molar-refractivity contribution in [1.82, 2.24) is 5.43 Å². The van der Waals surface area contributed by atoms with E-state index in [2.05, 4.69) is 33.1 Å². The zero-order valence-electron chi connectivity index (χ0n) is 14.9. The van der Waals surface area contributed by atoms with Gasteiger partial charge >= 0.3 is 0 Å². The number of phenols is 1. The Morgan fingerprint density at radius 3 is 2.62 bits per heavy atom. The number of halogens is 1. The maximum absolute atomic E-state index is 11.9. The highest BCUT2D eigenvalue weighted by molar-refractivity contribution is 14.1. The summed E-state index contributed by atoms with van der Waals surface area (Å²) in [6, 6.07) is 9.05. The van der Waals surface area contributed by atoms with Gasteiger partial charge in [0.1, 0.15) is 5.75 Å². The number of hydrogen-bond acceptors (Lipinski definition) is 5. The Kier molecular flexibility index (Phi) is 7.26. The Labute approximate surface area is 166 Å². The van der Waals surface area contributed by atoms with E-state index >= 15 is 0 Å². The van der Waals surface area contributed by atoms with Crippen molar-refractivity contribution in [1.29, 1.82) is 0 Å². The van der Waals surface area contributed by atoms with Crippen molar-refractivity contribution in [2.75, 3.05) is 13.2 Å². The summed E-state index contributed by atoms with van der Waals surface area (Å²) in [4.78, 5) is 11.9. The van der Waals surface area contributed by atoms with E-state index in [9.17, 15) is 9.90 Å². The second-order valence-electron chi connectivity index (χ2n) is 5.58. The van der Waals surface area contributed by atoms with Crippen molar-refractivity contribution >= 4 is 34.7 Å². The van der Waals surface area contributed by atoms with E-state index in [0.29, 0.717) is 23.7 Å². The molecule has 26 heavy (non-hydrogen) atoms. The molecule has 0 spiro atoms. The molecule has 0 atom stereocenters. The van der Waals surface area contributed by atoms with E-state index < -0.39 is 0 Å². The van der Waals surface area contributed by atoms with Crippen molar-refractivity contribution in [2.24, 2.45) is 5.10 Å². The lowest BCUT2D eigenvalue weighted by Crippen LogP contribution is -2.25. The van der Waals surface area contributed by atoms with Gasteiger partial charge in [-0.25, -0.2) is 5.43 Å². The second-order valence-corrected chi connectivity index (χ2v) is 6.82. The number of hydrazone groups is 1. The van der Waals surface area contributed by atoms with Crippen LogP contribution < -0.4 is 14.9 Å². The fraction of sp³-hybridized carbons (Fsp3) is 0.263. The van der Waals surface area contributed by atoms with E-state index in [4.69, 9.17) is 9.47 Å². The summed E-state index contributed by atoms with van der Waals surface area (Å²) in [6.07, 6.45) is 1.36. The van der Waals surface area contributed by atoms with E-state index in [0.717, 1.165) is 14.7 Å². The molecule has 2 rings (SSSR count). The van der Waals surface area contributed by atoms with Crippen molar-refractivity contribution < 1.29 is 19.4 Å². The standard InChI is InChI=1S/C19H21IN2O4/c1-4-25-16-7-5-6-14(18(16)24)10-21-22-17(23)11-26-19-12(2)8-15(20)9-13(19)3/h5-10,24H,4,11H2,1-3H3,(H,22,23). The number of ether oxygens (including phenoxy) is 2.